The number of benzene rings is 2. The Labute approximate surface area is 186 Å². The highest BCUT2D eigenvalue weighted by Crippen LogP contribution is 2.29. The summed E-state index contributed by atoms with van der Waals surface area (Å²) in [6, 6.07) is 12.3. The summed E-state index contributed by atoms with van der Waals surface area (Å²) in [5.41, 5.74) is 8.34. The average molecular weight is 444 g/mol. The van der Waals surface area contributed by atoms with Gasteiger partial charge in [-0.05, 0) is 36.4 Å². The second-order valence-corrected chi connectivity index (χ2v) is 6.68. The number of nitrogens with zero attached hydrogens (tertiary/aromatic N) is 3. The SMILES string of the molecule is CC(=O)OCCN(CCOC(C)=O)c1ccc(N=Nc2ccc(N)c(OCCO)c2)cc1. The normalized spacial score (nSPS) is 10.7. The molecule has 0 saturated heterocycles. The molecule has 2 rings (SSSR count). The molecule has 0 radical (unpaired) electrons. The molecule has 2 aromatic rings. The lowest BCUT2D eigenvalue weighted by molar-refractivity contribution is -0.141. The predicted molar refractivity (Wildman–Crippen MR) is 120 cm³/mol. The molecule has 0 spiro atoms. The number of nitrogens with two attached hydrogens (primary N) is 1. The summed E-state index contributed by atoms with van der Waals surface area (Å²) in [5.74, 6) is -0.274. The first-order chi connectivity index (χ1) is 15.4. The summed E-state index contributed by atoms with van der Waals surface area (Å²) in [7, 11) is 0. The molecule has 0 aromatic heterocycles. The van der Waals surface area contributed by atoms with E-state index in [0.717, 1.165) is 5.69 Å². The summed E-state index contributed by atoms with van der Waals surface area (Å²) in [5, 5.41) is 17.3. The number of ether oxygens (including phenoxy) is 3. The lowest BCUT2D eigenvalue weighted by Gasteiger charge is -2.24. The van der Waals surface area contributed by atoms with Gasteiger partial charge in [-0.25, -0.2) is 0 Å². The van der Waals surface area contributed by atoms with E-state index >= 15 is 0 Å². The molecule has 0 aliphatic carbocycles. The highest BCUT2D eigenvalue weighted by molar-refractivity contribution is 5.66. The van der Waals surface area contributed by atoms with Gasteiger partial charge in [-0.2, -0.15) is 10.2 Å². The molecule has 0 atom stereocenters. The molecular weight excluding hydrogens is 416 g/mol. The third-order valence-electron chi connectivity index (χ3n) is 4.17. The van der Waals surface area contributed by atoms with Crippen LogP contribution in [0.15, 0.2) is 52.7 Å². The molecule has 0 unspecified atom stereocenters. The number of hydrogen-bond acceptors (Lipinski definition) is 10. The maximum atomic E-state index is 11.0. The van der Waals surface area contributed by atoms with E-state index in [0.29, 0.717) is 35.9 Å². The van der Waals surface area contributed by atoms with E-state index in [-0.39, 0.29) is 38.4 Å². The highest BCUT2D eigenvalue weighted by atomic mass is 16.5. The number of rotatable bonds is 12. The van der Waals surface area contributed by atoms with Gasteiger partial charge in [-0.1, -0.05) is 0 Å². The summed E-state index contributed by atoms with van der Waals surface area (Å²) >= 11 is 0. The molecule has 2 aromatic carbocycles. The van der Waals surface area contributed by atoms with Crippen molar-refractivity contribution >= 4 is 34.7 Å². The van der Waals surface area contributed by atoms with Crippen molar-refractivity contribution in [3.63, 3.8) is 0 Å². The maximum absolute atomic E-state index is 11.0. The van der Waals surface area contributed by atoms with E-state index in [9.17, 15) is 9.59 Å². The third-order valence-corrected chi connectivity index (χ3v) is 4.17. The van der Waals surface area contributed by atoms with Gasteiger partial charge < -0.3 is 30.0 Å². The fourth-order valence-electron chi connectivity index (χ4n) is 2.68. The molecule has 0 amide bonds. The quantitative estimate of drug-likeness (QED) is 0.290. The number of carbonyl (C=O) groups is 2. The lowest BCUT2D eigenvalue weighted by atomic mass is 10.2. The molecule has 0 saturated carbocycles. The van der Waals surface area contributed by atoms with Crippen molar-refractivity contribution in [3.05, 3.63) is 42.5 Å². The molecule has 0 bridgehead atoms. The first kappa shape index (κ1) is 24.6. The Morgan fingerprint density at radius 2 is 1.47 bits per heavy atom. The monoisotopic (exact) mass is 444 g/mol. The van der Waals surface area contributed by atoms with Crippen LogP contribution >= 0.6 is 0 Å². The van der Waals surface area contributed by atoms with E-state index in [1.807, 2.05) is 17.0 Å². The van der Waals surface area contributed by atoms with E-state index in [1.165, 1.54) is 13.8 Å². The van der Waals surface area contributed by atoms with Crippen LogP contribution in [0.25, 0.3) is 0 Å². The van der Waals surface area contributed by atoms with E-state index in [4.69, 9.17) is 25.1 Å². The van der Waals surface area contributed by atoms with Crippen LogP contribution in [0.5, 0.6) is 5.75 Å². The van der Waals surface area contributed by atoms with Crippen LogP contribution in [-0.4, -0.2) is 56.6 Å². The third kappa shape index (κ3) is 8.60. The van der Waals surface area contributed by atoms with Crippen LogP contribution in [0, 0.1) is 0 Å². The second kappa shape index (κ2) is 12.9. The smallest absolute Gasteiger partial charge is 0.302 e. The van der Waals surface area contributed by atoms with Crippen LogP contribution in [0.4, 0.5) is 22.7 Å². The van der Waals surface area contributed by atoms with Gasteiger partial charge in [0.25, 0.3) is 0 Å². The molecule has 32 heavy (non-hydrogen) atoms. The molecular formula is C22H28N4O6. The van der Waals surface area contributed by atoms with Crippen LogP contribution in [0.3, 0.4) is 0 Å². The largest absolute Gasteiger partial charge is 0.489 e. The Hall–Kier alpha value is -3.66. The zero-order valence-electron chi connectivity index (χ0n) is 18.2. The Morgan fingerprint density at radius 3 is 2.03 bits per heavy atom. The number of nitrogen functional groups attached to an aromatic ring is 1. The van der Waals surface area contributed by atoms with Crippen LogP contribution < -0.4 is 15.4 Å². The fraction of sp³-hybridized carbons (Fsp3) is 0.364. The average Bonchev–Trinajstić information content (AvgIpc) is 2.76. The van der Waals surface area contributed by atoms with E-state index in [1.54, 1.807) is 30.3 Å². The Kier molecular flexibility index (Phi) is 9.92. The predicted octanol–water partition coefficient (Wildman–Crippen LogP) is 2.99. The van der Waals surface area contributed by atoms with Gasteiger partial charge in [0, 0.05) is 25.6 Å². The van der Waals surface area contributed by atoms with Gasteiger partial charge in [0.1, 0.15) is 25.6 Å². The minimum Gasteiger partial charge on any atom is -0.489 e. The van der Waals surface area contributed by atoms with Crippen molar-refractivity contribution in [2.75, 3.05) is 50.2 Å². The van der Waals surface area contributed by atoms with Gasteiger partial charge in [-0.3, -0.25) is 9.59 Å². The molecule has 0 aliphatic rings. The number of aliphatic hydroxyl groups is 1. The number of aliphatic hydroxyl groups excluding tert-OH is 1. The Morgan fingerprint density at radius 1 is 0.906 bits per heavy atom. The molecule has 10 heteroatoms. The van der Waals surface area contributed by atoms with Crippen molar-refractivity contribution in [1.29, 1.82) is 0 Å². The standard InChI is InChI=1S/C22H28N4O6/c1-16(28)30-12-9-26(10-13-31-17(2)29)20-6-3-18(4-7-20)24-25-19-5-8-21(23)22(15-19)32-14-11-27/h3-8,15,27H,9-14,23H2,1-2H3. The molecule has 3 N–H and O–H groups in total. The van der Waals surface area contributed by atoms with Gasteiger partial charge >= 0.3 is 11.9 Å². The minimum absolute atomic E-state index is 0.115. The van der Waals surface area contributed by atoms with E-state index < -0.39 is 0 Å². The van der Waals surface area contributed by atoms with Crippen molar-refractivity contribution in [1.82, 2.24) is 0 Å². The lowest BCUT2D eigenvalue weighted by Crippen LogP contribution is -2.31. The number of anilines is 2. The van der Waals surface area contributed by atoms with Crippen molar-refractivity contribution in [2.24, 2.45) is 10.2 Å². The van der Waals surface area contributed by atoms with Gasteiger partial charge in [-0.15, -0.1) is 0 Å². The summed E-state index contributed by atoms with van der Waals surface area (Å²) in [6.45, 7) is 4.06. The number of hydrogen-bond donors (Lipinski definition) is 2. The van der Waals surface area contributed by atoms with E-state index in [2.05, 4.69) is 10.2 Å². The molecule has 10 nitrogen and oxygen atoms in total. The number of azo groups is 1. The van der Waals surface area contributed by atoms with Crippen molar-refractivity contribution in [2.45, 2.75) is 13.8 Å². The van der Waals surface area contributed by atoms with Crippen molar-refractivity contribution < 1.29 is 28.9 Å². The molecule has 0 heterocycles. The maximum Gasteiger partial charge on any atom is 0.302 e. The van der Waals surface area contributed by atoms with Gasteiger partial charge in [0.05, 0.1) is 36.8 Å². The Balaban J connectivity index is 2.06. The van der Waals surface area contributed by atoms with Crippen LogP contribution in [0.1, 0.15) is 13.8 Å². The van der Waals surface area contributed by atoms with Gasteiger partial charge in [0.15, 0.2) is 0 Å². The zero-order valence-corrected chi connectivity index (χ0v) is 18.2. The first-order valence-corrected chi connectivity index (χ1v) is 10.1. The Bertz CT molecular complexity index is 897. The number of carbonyl (C=O) groups excluding carboxylic acids is 2. The highest BCUT2D eigenvalue weighted by Gasteiger charge is 2.09. The van der Waals surface area contributed by atoms with Crippen LogP contribution in [-0.2, 0) is 19.1 Å². The van der Waals surface area contributed by atoms with Gasteiger partial charge in [0.2, 0.25) is 0 Å². The molecule has 0 fully saturated rings. The molecule has 172 valence electrons. The summed E-state index contributed by atoms with van der Waals surface area (Å²) in [6.07, 6.45) is 0. The molecule has 0 aliphatic heterocycles. The van der Waals surface area contributed by atoms with Crippen molar-refractivity contribution in [3.8, 4) is 5.75 Å². The zero-order chi connectivity index (χ0) is 23.3. The fourth-order valence-corrected chi connectivity index (χ4v) is 2.68. The minimum atomic E-state index is -0.353. The summed E-state index contributed by atoms with van der Waals surface area (Å²) in [4.78, 5) is 24.0. The second-order valence-electron chi connectivity index (χ2n) is 6.68. The summed E-state index contributed by atoms with van der Waals surface area (Å²) < 4.78 is 15.4. The number of esters is 2. The first-order valence-electron chi connectivity index (χ1n) is 10.1. The van der Waals surface area contributed by atoms with Crippen LogP contribution in [0.2, 0.25) is 0 Å². The topological polar surface area (TPSA) is 136 Å².